The fourth-order valence-electron chi connectivity index (χ4n) is 1.86. The van der Waals surface area contributed by atoms with E-state index in [0.717, 1.165) is 22.9 Å². The Morgan fingerprint density at radius 2 is 2.05 bits per heavy atom. The lowest BCUT2D eigenvalue weighted by molar-refractivity contribution is 0.794. The van der Waals surface area contributed by atoms with Gasteiger partial charge in [-0.25, -0.2) is 4.99 Å². The van der Waals surface area contributed by atoms with Gasteiger partial charge in [0.15, 0.2) is 5.17 Å². The minimum atomic E-state index is 0.687. The summed E-state index contributed by atoms with van der Waals surface area (Å²) in [7, 11) is 0. The number of hydrogen-bond donors (Lipinski definition) is 1. The molecule has 1 aliphatic heterocycles. The first-order chi connectivity index (χ1) is 9.74. The largest absolute Gasteiger partial charge is 0.378 e. The predicted octanol–water partition coefficient (Wildman–Crippen LogP) is 4.69. The molecule has 2 N–H and O–H groups in total. The van der Waals surface area contributed by atoms with Crippen LogP contribution in [-0.2, 0) is 5.75 Å². The van der Waals surface area contributed by atoms with Crippen molar-refractivity contribution >= 4 is 40.3 Å². The second-order valence-electron chi connectivity index (χ2n) is 4.68. The van der Waals surface area contributed by atoms with Gasteiger partial charge in [0, 0.05) is 22.7 Å². The first-order valence-electron chi connectivity index (χ1n) is 6.70. The quantitative estimate of drug-likeness (QED) is 0.739. The maximum absolute atomic E-state index is 5.87. The molecule has 2 nitrogen and oxygen atoms in total. The van der Waals surface area contributed by atoms with Crippen LogP contribution >= 0.6 is 35.1 Å². The molecule has 0 fully saturated rings. The van der Waals surface area contributed by atoms with Crippen LogP contribution in [0.15, 0.2) is 41.0 Å². The Hall–Kier alpha value is -0.580. The molecule has 0 unspecified atom stereocenters. The zero-order valence-corrected chi connectivity index (χ0v) is 13.7. The Morgan fingerprint density at radius 3 is 2.75 bits per heavy atom. The summed E-state index contributed by atoms with van der Waals surface area (Å²) in [6.45, 7) is 0. The van der Waals surface area contributed by atoms with E-state index in [-0.39, 0.29) is 0 Å². The molecule has 0 atom stereocenters. The highest BCUT2D eigenvalue weighted by Gasteiger charge is 2.05. The highest BCUT2D eigenvalue weighted by molar-refractivity contribution is 8.14. The van der Waals surface area contributed by atoms with Crippen LogP contribution in [0.2, 0.25) is 5.02 Å². The van der Waals surface area contributed by atoms with Crippen molar-refractivity contribution in [2.45, 2.75) is 25.0 Å². The number of unbranched alkanes of at least 4 members (excludes halogenated alkanes) is 1. The van der Waals surface area contributed by atoms with E-state index >= 15 is 0 Å². The highest BCUT2D eigenvalue weighted by Crippen LogP contribution is 2.20. The number of amidine groups is 1. The second-order valence-corrected chi connectivity index (χ2v) is 7.22. The van der Waals surface area contributed by atoms with Gasteiger partial charge in [0.2, 0.25) is 0 Å². The summed E-state index contributed by atoms with van der Waals surface area (Å²) in [5.41, 5.74) is 8.37. The average molecular weight is 327 g/mol. The molecule has 1 aliphatic rings. The zero-order valence-electron chi connectivity index (χ0n) is 11.3. The molecule has 5 heteroatoms. The van der Waals surface area contributed by atoms with Crippen LogP contribution in [0.3, 0.4) is 0 Å². The lowest BCUT2D eigenvalue weighted by Crippen LogP contribution is -2.10. The number of rotatable bonds is 7. The van der Waals surface area contributed by atoms with Gasteiger partial charge in [-0.1, -0.05) is 35.5 Å². The van der Waals surface area contributed by atoms with E-state index in [2.05, 4.69) is 17.1 Å². The van der Waals surface area contributed by atoms with E-state index in [0.29, 0.717) is 5.17 Å². The van der Waals surface area contributed by atoms with Gasteiger partial charge in [0.1, 0.15) is 0 Å². The van der Waals surface area contributed by atoms with Crippen molar-refractivity contribution in [1.82, 2.24) is 0 Å². The third-order valence-corrected chi connectivity index (χ3v) is 5.28. The molecule has 2 rings (SSSR count). The minimum Gasteiger partial charge on any atom is -0.378 e. The van der Waals surface area contributed by atoms with Gasteiger partial charge >= 0.3 is 0 Å². The number of nitrogens with zero attached hydrogens (tertiary/aromatic N) is 1. The SMILES string of the molecule is NC1=NC=C(CCCCSCc2ccc(Cl)cc2)CS1. The molecule has 0 spiro atoms. The molecule has 0 saturated heterocycles. The van der Waals surface area contributed by atoms with Crippen molar-refractivity contribution in [3.8, 4) is 0 Å². The molecule has 1 aromatic rings. The monoisotopic (exact) mass is 326 g/mol. The molecule has 20 heavy (non-hydrogen) atoms. The lowest BCUT2D eigenvalue weighted by Gasteiger charge is -2.10. The summed E-state index contributed by atoms with van der Waals surface area (Å²) in [6.07, 6.45) is 5.56. The van der Waals surface area contributed by atoms with Crippen molar-refractivity contribution in [2.75, 3.05) is 11.5 Å². The van der Waals surface area contributed by atoms with Gasteiger partial charge in [-0.2, -0.15) is 11.8 Å². The Morgan fingerprint density at radius 1 is 1.25 bits per heavy atom. The predicted molar refractivity (Wildman–Crippen MR) is 93.6 cm³/mol. The topological polar surface area (TPSA) is 38.4 Å². The molecule has 1 aromatic carbocycles. The van der Waals surface area contributed by atoms with Crippen molar-refractivity contribution in [2.24, 2.45) is 10.7 Å². The smallest absolute Gasteiger partial charge is 0.158 e. The molecular weight excluding hydrogens is 308 g/mol. The third kappa shape index (κ3) is 5.81. The van der Waals surface area contributed by atoms with E-state index < -0.39 is 0 Å². The Balaban J connectivity index is 1.55. The first kappa shape index (κ1) is 15.8. The number of benzene rings is 1. The van der Waals surface area contributed by atoms with Crippen molar-refractivity contribution < 1.29 is 0 Å². The first-order valence-corrected chi connectivity index (χ1v) is 9.22. The Labute approximate surface area is 134 Å². The number of thioether (sulfide) groups is 2. The summed E-state index contributed by atoms with van der Waals surface area (Å²) in [6, 6.07) is 8.11. The molecule has 0 amide bonds. The number of halogens is 1. The third-order valence-electron chi connectivity index (χ3n) is 3.00. The molecule has 0 aliphatic carbocycles. The molecule has 0 radical (unpaired) electrons. The maximum atomic E-state index is 5.87. The van der Waals surface area contributed by atoms with Crippen molar-refractivity contribution in [3.05, 3.63) is 46.6 Å². The van der Waals surface area contributed by atoms with E-state index in [4.69, 9.17) is 17.3 Å². The van der Waals surface area contributed by atoms with Crippen LogP contribution in [0.5, 0.6) is 0 Å². The fourth-order valence-corrected chi connectivity index (χ4v) is 3.65. The van der Waals surface area contributed by atoms with E-state index in [1.54, 1.807) is 11.8 Å². The van der Waals surface area contributed by atoms with Gasteiger partial charge in [-0.05, 0) is 48.3 Å². The van der Waals surface area contributed by atoms with Gasteiger partial charge in [0.25, 0.3) is 0 Å². The van der Waals surface area contributed by atoms with Gasteiger partial charge in [0.05, 0.1) is 0 Å². The summed E-state index contributed by atoms with van der Waals surface area (Å²) in [5, 5.41) is 1.49. The van der Waals surface area contributed by atoms with Crippen LogP contribution in [0.1, 0.15) is 24.8 Å². The van der Waals surface area contributed by atoms with E-state index in [9.17, 15) is 0 Å². The lowest BCUT2D eigenvalue weighted by atomic mass is 10.1. The maximum Gasteiger partial charge on any atom is 0.158 e. The Kier molecular flexibility index (Phi) is 6.83. The Bertz CT molecular complexity index is 483. The summed E-state index contributed by atoms with van der Waals surface area (Å²) >= 11 is 9.49. The van der Waals surface area contributed by atoms with Gasteiger partial charge < -0.3 is 5.73 Å². The molecular formula is C15H19ClN2S2. The van der Waals surface area contributed by atoms with Crippen LogP contribution < -0.4 is 5.73 Å². The fraction of sp³-hybridized carbons (Fsp3) is 0.400. The van der Waals surface area contributed by atoms with Crippen molar-refractivity contribution in [3.63, 3.8) is 0 Å². The van der Waals surface area contributed by atoms with E-state index in [1.165, 1.54) is 29.7 Å². The number of aliphatic imine (C=N–C) groups is 1. The zero-order chi connectivity index (χ0) is 14.2. The van der Waals surface area contributed by atoms with Crippen LogP contribution in [0, 0.1) is 0 Å². The molecule has 0 aromatic heterocycles. The molecule has 108 valence electrons. The standard InChI is InChI=1S/C15H19ClN2S2/c16-14-6-4-12(5-7-14)10-19-8-2-1-3-13-9-18-15(17)20-11-13/h4-7,9H,1-3,8,10-11H2,(H2,17,18). The molecule has 0 bridgehead atoms. The number of nitrogens with two attached hydrogens (primary N) is 1. The molecule has 1 heterocycles. The second kappa shape index (κ2) is 8.65. The average Bonchev–Trinajstić information content (AvgIpc) is 2.46. The van der Waals surface area contributed by atoms with E-state index in [1.807, 2.05) is 30.1 Å². The van der Waals surface area contributed by atoms with Crippen molar-refractivity contribution in [1.29, 1.82) is 0 Å². The summed E-state index contributed by atoms with van der Waals surface area (Å²) in [4.78, 5) is 4.15. The van der Waals surface area contributed by atoms with Gasteiger partial charge in [-0.3, -0.25) is 0 Å². The summed E-state index contributed by atoms with van der Waals surface area (Å²) < 4.78 is 0. The molecule has 0 saturated carbocycles. The van der Waals surface area contributed by atoms with Crippen LogP contribution in [-0.4, -0.2) is 16.7 Å². The highest BCUT2D eigenvalue weighted by atomic mass is 35.5. The summed E-state index contributed by atoms with van der Waals surface area (Å²) in [5.74, 6) is 3.28. The minimum absolute atomic E-state index is 0.687. The normalized spacial score (nSPS) is 14.8. The van der Waals surface area contributed by atoms with Crippen LogP contribution in [0.4, 0.5) is 0 Å². The van der Waals surface area contributed by atoms with Crippen LogP contribution in [0.25, 0.3) is 0 Å². The van der Waals surface area contributed by atoms with Gasteiger partial charge in [-0.15, -0.1) is 0 Å². The number of hydrogen-bond acceptors (Lipinski definition) is 4.